The second kappa shape index (κ2) is 5.66. The molecule has 0 amide bonds. The van der Waals surface area contributed by atoms with Crippen LogP contribution in [0, 0.1) is 0 Å². The van der Waals surface area contributed by atoms with E-state index in [1.807, 2.05) is 0 Å². The van der Waals surface area contributed by atoms with Gasteiger partial charge in [-0.2, -0.15) is 0 Å². The van der Waals surface area contributed by atoms with Gasteiger partial charge in [0.05, 0.1) is 6.10 Å². The smallest absolute Gasteiger partial charge is 0.320 e. The molecule has 5 nitrogen and oxygen atoms in total. The summed E-state index contributed by atoms with van der Waals surface area (Å²) < 4.78 is 0. The highest BCUT2D eigenvalue weighted by atomic mass is 16.4. The van der Waals surface area contributed by atoms with Gasteiger partial charge in [0.15, 0.2) is 0 Å². The van der Waals surface area contributed by atoms with Crippen molar-refractivity contribution in [2.24, 2.45) is 5.73 Å². The molecule has 0 aromatic heterocycles. The van der Waals surface area contributed by atoms with Gasteiger partial charge in [0, 0.05) is 6.42 Å². The van der Waals surface area contributed by atoms with Crippen molar-refractivity contribution in [2.45, 2.75) is 38.3 Å². The van der Waals surface area contributed by atoms with E-state index in [2.05, 4.69) is 0 Å². The quantitative estimate of drug-likeness (QED) is 0.524. The summed E-state index contributed by atoms with van der Waals surface area (Å²) in [6.45, 7) is 1.38. The fourth-order valence-electron chi connectivity index (χ4n) is 0.929. The predicted octanol–water partition coefficient (Wildman–Crippen LogP) is -0.481. The van der Waals surface area contributed by atoms with E-state index in [0.717, 1.165) is 0 Å². The van der Waals surface area contributed by atoms with E-state index in [4.69, 9.17) is 10.8 Å². The van der Waals surface area contributed by atoms with Crippen LogP contribution in [0.2, 0.25) is 0 Å². The number of aliphatic hydroxyl groups is 1. The van der Waals surface area contributed by atoms with Gasteiger partial charge in [0.25, 0.3) is 0 Å². The van der Waals surface area contributed by atoms with Crippen molar-refractivity contribution < 1.29 is 19.8 Å². The third-order valence-electron chi connectivity index (χ3n) is 1.65. The second-order valence-corrected chi connectivity index (χ2v) is 3.08. The number of carbonyl (C=O) groups excluding carboxylic acids is 1. The molecule has 0 aliphatic carbocycles. The van der Waals surface area contributed by atoms with Gasteiger partial charge >= 0.3 is 5.97 Å². The van der Waals surface area contributed by atoms with Gasteiger partial charge in [-0.1, -0.05) is 0 Å². The monoisotopic (exact) mass is 189 g/mol. The lowest BCUT2D eigenvalue weighted by Crippen LogP contribution is -2.31. The SMILES string of the molecule is CC(=O)CC(O)CCC(N)C(=O)O. The number of carbonyl (C=O) groups is 2. The second-order valence-electron chi connectivity index (χ2n) is 3.08. The van der Waals surface area contributed by atoms with Gasteiger partial charge in [-0.25, -0.2) is 0 Å². The third kappa shape index (κ3) is 6.24. The van der Waals surface area contributed by atoms with Crippen LogP contribution in [0.5, 0.6) is 0 Å². The lowest BCUT2D eigenvalue weighted by Gasteiger charge is -2.10. The summed E-state index contributed by atoms with van der Waals surface area (Å²) in [6.07, 6.45) is -0.286. The Kier molecular flexibility index (Phi) is 5.25. The minimum atomic E-state index is -1.09. The molecule has 0 bridgehead atoms. The number of aliphatic carboxylic acids is 1. The number of nitrogens with two attached hydrogens (primary N) is 1. The summed E-state index contributed by atoms with van der Waals surface area (Å²) in [5.41, 5.74) is 5.20. The summed E-state index contributed by atoms with van der Waals surface area (Å²) >= 11 is 0. The van der Waals surface area contributed by atoms with Crippen molar-refractivity contribution in [3.05, 3.63) is 0 Å². The van der Waals surface area contributed by atoms with E-state index in [-0.39, 0.29) is 25.0 Å². The topological polar surface area (TPSA) is 101 Å². The van der Waals surface area contributed by atoms with E-state index in [1.165, 1.54) is 6.92 Å². The average Bonchev–Trinajstić information content (AvgIpc) is 1.98. The number of carboxylic acids is 1. The summed E-state index contributed by atoms with van der Waals surface area (Å²) in [5.74, 6) is -1.20. The minimum absolute atomic E-state index is 0.0618. The highest BCUT2D eigenvalue weighted by molar-refractivity contribution is 5.76. The van der Waals surface area contributed by atoms with Gasteiger partial charge in [-0.15, -0.1) is 0 Å². The molecule has 0 aromatic rings. The van der Waals surface area contributed by atoms with Gasteiger partial charge in [0.2, 0.25) is 0 Å². The molecule has 0 saturated carbocycles. The van der Waals surface area contributed by atoms with E-state index in [0.29, 0.717) is 0 Å². The molecule has 0 saturated heterocycles. The molecule has 0 aliphatic heterocycles. The molecule has 0 fully saturated rings. The molecule has 76 valence electrons. The Hall–Kier alpha value is -0.940. The Morgan fingerprint density at radius 2 is 1.92 bits per heavy atom. The standard InChI is InChI=1S/C8H15NO4/c1-5(10)4-6(11)2-3-7(9)8(12)13/h6-7,11H,2-4,9H2,1H3,(H,12,13). The molecular weight excluding hydrogens is 174 g/mol. The molecular formula is C8H15NO4. The van der Waals surface area contributed by atoms with Crippen LogP contribution in [0.25, 0.3) is 0 Å². The van der Waals surface area contributed by atoms with Gasteiger partial charge in [-0.3, -0.25) is 9.59 Å². The van der Waals surface area contributed by atoms with Crippen molar-refractivity contribution in [2.75, 3.05) is 0 Å². The fourth-order valence-corrected chi connectivity index (χ4v) is 0.929. The molecule has 5 heteroatoms. The van der Waals surface area contributed by atoms with Crippen LogP contribution in [-0.2, 0) is 9.59 Å². The Morgan fingerprint density at radius 3 is 2.31 bits per heavy atom. The molecule has 0 spiro atoms. The minimum Gasteiger partial charge on any atom is -0.480 e. The molecule has 0 heterocycles. The first-order valence-corrected chi connectivity index (χ1v) is 4.09. The Morgan fingerprint density at radius 1 is 1.38 bits per heavy atom. The molecule has 4 N–H and O–H groups in total. The van der Waals surface area contributed by atoms with Gasteiger partial charge < -0.3 is 15.9 Å². The van der Waals surface area contributed by atoms with E-state index in [9.17, 15) is 14.7 Å². The number of rotatable bonds is 6. The lowest BCUT2D eigenvalue weighted by atomic mass is 10.1. The maximum Gasteiger partial charge on any atom is 0.320 e. The van der Waals surface area contributed by atoms with Crippen molar-refractivity contribution in [1.29, 1.82) is 0 Å². The fraction of sp³-hybridized carbons (Fsp3) is 0.750. The van der Waals surface area contributed by atoms with E-state index < -0.39 is 18.1 Å². The molecule has 0 radical (unpaired) electrons. The maximum atomic E-state index is 10.5. The van der Waals surface area contributed by atoms with Crippen molar-refractivity contribution >= 4 is 11.8 Å². The molecule has 0 aliphatic rings. The highest BCUT2D eigenvalue weighted by Crippen LogP contribution is 2.04. The Labute approximate surface area is 76.5 Å². The molecule has 2 unspecified atom stereocenters. The zero-order valence-electron chi connectivity index (χ0n) is 7.56. The largest absolute Gasteiger partial charge is 0.480 e. The number of aliphatic hydroxyl groups excluding tert-OH is 1. The molecule has 0 aromatic carbocycles. The van der Waals surface area contributed by atoms with Crippen LogP contribution in [0.1, 0.15) is 26.2 Å². The van der Waals surface area contributed by atoms with E-state index in [1.54, 1.807) is 0 Å². The van der Waals surface area contributed by atoms with E-state index >= 15 is 0 Å². The van der Waals surface area contributed by atoms with Crippen LogP contribution in [-0.4, -0.2) is 34.1 Å². The molecule has 13 heavy (non-hydrogen) atoms. The number of carboxylic acid groups (broad SMARTS) is 1. The normalized spacial score (nSPS) is 15.0. The van der Waals surface area contributed by atoms with Gasteiger partial charge in [0.1, 0.15) is 11.8 Å². The number of Topliss-reactive ketones (excluding diaryl/α,β-unsaturated/α-hetero) is 1. The van der Waals surface area contributed by atoms with Crippen molar-refractivity contribution in [3.8, 4) is 0 Å². The zero-order valence-corrected chi connectivity index (χ0v) is 7.56. The van der Waals surface area contributed by atoms with Crippen LogP contribution in [0.4, 0.5) is 0 Å². The van der Waals surface area contributed by atoms with Crippen molar-refractivity contribution in [1.82, 2.24) is 0 Å². The van der Waals surface area contributed by atoms with Crippen molar-refractivity contribution in [3.63, 3.8) is 0 Å². The van der Waals surface area contributed by atoms with Crippen LogP contribution < -0.4 is 5.73 Å². The van der Waals surface area contributed by atoms with Crippen LogP contribution in [0.15, 0.2) is 0 Å². The number of ketones is 1. The first kappa shape index (κ1) is 12.1. The van der Waals surface area contributed by atoms with Crippen LogP contribution in [0.3, 0.4) is 0 Å². The zero-order chi connectivity index (χ0) is 10.4. The first-order chi connectivity index (χ1) is 5.93. The van der Waals surface area contributed by atoms with Crippen LogP contribution >= 0.6 is 0 Å². The van der Waals surface area contributed by atoms with Gasteiger partial charge in [-0.05, 0) is 19.8 Å². The summed E-state index contributed by atoms with van der Waals surface area (Å²) in [7, 11) is 0. The predicted molar refractivity (Wildman–Crippen MR) is 46.2 cm³/mol. The first-order valence-electron chi connectivity index (χ1n) is 4.09. The number of hydrogen-bond acceptors (Lipinski definition) is 4. The highest BCUT2D eigenvalue weighted by Gasteiger charge is 2.14. The number of hydrogen-bond donors (Lipinski definition) is 3. The molecule has 0 rings (SSSR count). The Bertz CT molecular complexity index is 193. The summed E-state index contributed by atoms with van der Waals surface area (Å²) in [5, 5.41) is 17.6. The Balaban J connectivity index is 3.63. The molecule has 2 atom stereocenters. The summed E-state index contributed by atoms with van der Waals surface area (Å²) in [6, 6.07) is -0.957. The lowest BCUT2D eigenvalue weighted by molar-refractivity contribution is -0.138. The maximum absolute atomic E-state index is 10.5. The summed E-state index contributed by atoms with van der Waals surface area (Å²) in [4.78, 5) is 20.8. The average molecular weight is 189 g/mol. The third-order valence-corrected chi connectivity index (χ3v) is 1.65.